The summed E-state index contributed by atoms with van der Waals surface area (Å²) in [5.74, 6) is 0.534. The van der Waals surface area contributed by atoms with Crippen molar-refractivity contribution in [1.82, 2.24) is 10.3 Å². The zero-order valence-electron chi connectivity index (χ0n) is 16.3. The lowest BCUT2D eigenvalue weighted by Gasteiger charge is -2.26. The van der Waals surface area contributed by atoms with E-state index in [4.69, 9.17) is 16.7 Å². The maximum Gasteiger partial charge on any atom is 0.211 e. The summed E-state index contributed by atoms with van der Waals surface area (Å²) in [6.07, 6.45) is 1.83. The van der Waals surface area contributed by atoms with E-state index in [0.29, 0.717) is 11.4 Å². The van der Waals surface area contributed by atoms with Gasteiger partial charge in [-0.3, -0.25) is 5.32 Å². The fourth-order valence-corrected chi connectivity index (χ4v) is 3.61. The minimum atomic E-state index is -0.602. The number of fused-ring (bicyclic) bond motifs is 1. The third-order valence-electron chi connectivity index (χ3n) is 5.08. The number of hydrogen-bond donors (Lipinski definition) is 5. The number of hydrogen-bond acceptors (Lipinski definition) is 9. The molecule has 0 radical (unpaired) electrons. The molecule has 0 saturated carbocycles. The van der Waals surface area contributed by atoms with Gasteiger partial charge in [-0.25, -0.2) is 9.98 Å². The Labute approximate surface area is 178 Å². The molecule has 9 nitrogen and oxygen atoms in total. The maximum absolute atomic E-state index is 9.61. The van der Waals surface area contributed by atoms with Gasteiger partial charge in [0.25, 0.3) is 0 Å². The van der Waals surface area contributed by atoms with E-state index in [9.17, 15) is 10.4 Å². The van der Waals surface area contributed by atoms with E-state index >= 15 is 0 Å². The lowest BCUT2D eigenvalue weighted by Crippen LogP contribution is -2.32. The number of guanidine groups is 1. The minimum absolute atomic E-state index is 0.000772. The molecule has 1 atom stereocenters. The van der Waals surface area contributed by atoms with Gasteiger partial charge in [0.1, 0.15) is 29.3 Å². The Hall–Kier alpha value is -4.60. The molecule has 0 fully saturated rings. The van der Waals surface area contributed by atoms with Crippen LogP contribution in [-0.2, 0) is 6.61 Å². The largest absolute Gasteiger partial charge is 0.397 e. The summed E-state index contributed by atoms with van der Waals surface area (Å²) in [6, 6.07) is 16.6. The number of benzene rings is 2. The molecule has 1 aliphatic rings. The first-order chi connectivity index (χ1) is 15.1. The number of nitrogens with two attached hydrogens (primary N) is 2. The first kappa shape index (κ1) is 19.7. The van der Waals surface area contributed by atoms with Gasteiger partial charge in [-0.05, 0) is 22.3 Å². The first-order valence-corrected chi connectivity index (χ1v) is 9.35. The highest BCUT2D eigenvalue weighted by atomic mass is 16.3. The Morgan fingerprint density at radius 3 is 2.52 bits per heavy atom. The molecule has 0 amide bonds. The topological polar surface area (TPSA) is 169 Å². The van der Waals surface area contributed by atoms with Gasteiger partial charge in [-0.2, -0.15) is 10.5 Å². The van der Waals surface area contributed by atoms with Crippen molar-refractivity contribution in [2.45, 2.75) is 12.6 Å². The van der Waals surface area contributed by atoms with Gasteiger partial charge in [-0.15, -0.1) is 0 Å². The van der Waals surface area contributed by atoms with Crippen LogP contribution in [0.15, 0.2) is 53.5 Å². The molecule has 1 aliphatic heterocycles. The first-order valence-electron chi connectivity index (χ1n) is 9.35. The molecule has 0 bridgehead atoms. The number of aliphatic hydroxyl groups excluding tert-OH is 1. The van der Waals surface area contributed by atoms with Crippen molar-refractivity contribution in [3.63, 3.8) is 0 Å². The van der Waals surface area contributed by atoms with E-state index in [2.05, 4.69) is 20.6 Å². The fourth-order valence-electron chi connectivity index (χ4n) is 3.61. The fraction of sp³-hybridized carbons (Fsp3) is 0.0909. The van der Waals surface area contributed by atoms with Gasteiger partial charge in [0, 0.05) is 5.56 Å². The van der Waals surface area contributed by atoms with Gasteiger partial charge in [0.05, 0.1) is 12.3 Å². The summed E-state index contributed by atoms with van der Waals surface area (Å²) in [7, 11) is 0. The van der Waals surface area contributed by atoms with E-state index in [1.807, 2.05) is 60.8 Å². The van der Waals surface area contributed by atoms with E-state index in [1.165, 1.54) is 0 Å². The molecule has 7 N–H and O–H groups in total. The van der Waals surface area contributed by atoms with Gasteiger partial charge in [-0.1, -0.05) is 48.5 Å². The summed E-state index contributed by atoms with van der Waals surface area (Å²) >= 11 is 0. The number of anilines is 3. The van der Waals surface area contributed by atoms with Crippen LogP contribution in [-0.4, -0.2) is 16.1 Å². The van der Waals surface area contributed by atoms with Crippen LogP contribution in [0.2, 0.25) is 0 Å². The number of nitriles is 2. The highest BCUT2D eigenvalue weighted by molar-refractivity contribution is 5.98. The monoisotopic (exact) mass is 410 g/mol. The van der Waals surface area contributed by atoms with E-state index < -0.39 is 6.04 Å². The van der Waals surface area contributed by atoms with Crippen LogP contribution in [0.1, 0.15) is 28.3 Å². The summed E-state index contributed by atoms with van der Waals surface area (Å²) in [6.45, 7) is -0.0619. The van der Waals surface area contributed by atoms with Crippen molar-refractivity contribution in [2.24, 2.45) is 4.99 Å². The average molecular weight is 410 g/mol. The van der Waals surface area contributed by atoms with Crippen molar-refractivity contribution in [1.29, 1.82) is 10.5 Å². The van der Waals surface area contributed by atoms with E-state index in [1.54, 1.807) is 0 Å². The Kier molecular flexibility index (Phi) is 5.10. The number of aliphatic hydroxyl groups is 1. The molecule has 152 valence electrons. The number of pyridine rings is 1. The summed E-state index contributed by atoms with van der Waals surface area (Å²) in [5, 5.41) is 33.4. The second kappa shape index (κ2) is 8.03. The number of nitrogens with one attached hydrogen (secondary N) is 2. The molecule has 4 rings (SSSR count). The van der Waals surface area contributed by atoms with Gasteiger partial charge in [0.15, 0.2) is 6.19 Å². The average Bonchev–Trinajstić information content (AvgIpc) is 2.79. The van der Waals surface area contributed by atoms with Crippen LogP contribution in [0.4, 0.5) is 17.3 Å². The van der Waals surface area contributed by atoms with Crippen LogP contribution < -0.4 is 22.1 Å². The predicted octanol–water partition coefficient (Wildman–Crippen LogP) is 2.22. The van der Waals surface area contributed by atoms with Gasteiger partial charge < -0.3 is 21.9 Å². The van der Waals surface area contributed by atoms with Crippen molar-refractivity contribution in [2.75, 3.05) is 16.8 Å². The number of aliphatic imine (C=N–C) groups is 1. The lowest BCUT2D eigenvalue weighted by molar-refractivity contribution is 0.282. The molecule has 1 aromatic heterocycles. The second-order valence-corrected chi connectivity index (χ2v) is 6.84. The smallest absolute Gasteiger partial charge is 0.211 e. The predicted molar refractivity (Wildman–Crippen MR) is 117 cm³/mol. The molecule has 0 aliphatic carbocycles. The van der Waals surface area contributed by atoms with Crippen molar-refractivity contribution in [3.8, 4) is 23.4 Å². The van der Waals surface area contributed by atoms with Crippen molar-refractivity contribution in [3.05, 3.63) is 70.8 Å². The zero-order valence-corrected chi connectivity index (χ0v) is 16.3. The quantitative estimate of drug-likeness (QED) is 0.323. The number of nitrogen functional groups attached to an aromatic ring is 2. The van der Waals surface area contributed by atoms with Gasteiger partial charge >= 0.3 is 0 Å². The highest BCUT2D eigenvalue weighted by Crippen LogP contribution is 2.40. The Morgan fingerprint density at radius 1 is 1.10 bits per heavy atom. The van der Waals surface area contributed by atoms with E-state index in [-0.39, 0.29) is 29.6 Å². The van der Waals surface area contributed by atoms with Crippen molar-refractivity contribution < 1.29 is 5.11 Å². The van der Waals surface area contributed by atoms with E-state index in [0.717, 1.165) is 22.3 Å². The molecule has 9 heteroatoms. The Balaban J connectivity index is 1.82. The Morgan fingerprint density at radius 2 is 1.84 bits per heavy atom. The molecule has 3 aromatic rings. The van der Waals surface area contributed by atoms with Crippen LogP contribution in [0, 0.1) is 22.8 Å². The molecular weight excluding hydrogens is 392 g/mol. The van der Waals surface area contributed by atoms with Crippen LogP contribution in [0.25, 0.3) is 11.1 Å². The van der Waals surface area contributed by atoms with Crippen molar-refractivity contribution >= 4 is 23.3 Å². The Bertz CT molecular complexity index is 1270. The highest BCUT2D eigenvalue weighted by Gasteiger charge is 2.29. The summed E-state index contributed by atoms with van der Waals surface area (Å²) in [5.41, 5.74) is 16.4. The lowest BCUT2D eigenvalue weighted by atomic mass is 9.93. The molecule has 0 spiro atoms. The van der Waals surface area contributed by atoms with Gasteiger partial charge in [0.2, 0.25) is 5.96 Å². The summed E-state index contributed by atoms with van der Waals surface area (Å²) in [4.78, 5) is 8.79. The molecule has 31 heavy (non-hydrogen) atoms. The second-order valence-electron chi connectivity index (χ2n) is 6.84. The minimum Gasteiger partial charge on any atom is -0.397 e. The molecule has 0 saturated heterocycles. The number of nitrogens with zero attached hydrogens (tertiary/aromatic N) is 4. The SMILES string of the molecule is N#CNC1=NC(c2ccc(-c3ccccc3CO)cc2)c2c(nc(N)c(C#N)c2N)N1. The standard InChI is InChI=1S/C22H18N8O/c23-9-16-18(25)17-19(28-22(27-11-24)30-21(17)29-20(16)26)13-7-5-12(6-8-13)15-4-2-1-3-14(15)10-31/h1-8,19,31H,10H2,(H6,25,26,27,28,29,30). The normalized spacial score (nSPS) is 14.4. The third kappa shape index (κ3) is 3.46. The number of rotatable bonds is 3. The summed E-state index contributed by atoms with van der Waals surface area (Å²) < 4.78 is 0. The molecule has 1 unspecified atom stereocenters. The zero-order chi connectivity index (χ0) is 22.0. The third-order valence-corrected chi connectivity index (χ3v) is 5.08. The number of aromatic nitrogens is 1. The van der Waals surface area contributed by atoms with Crippen LogP contribution >= 0.6 is 0 Å². The molecule has 2 aromatic carbocycles. The molecular formula is C22H18N8O. The maximum atomic E-state index is 9.61. The molecule has 2 heterocycles. The van der Waals surface area contributed by atoms with Crippen LogP contribution in [0.5, 0.6) is 0 Å². The van der Waals surface area contributed by atoms with Crippen LogP contribution in [0.3, 0.4) is 0 Å².